The molecule has 108 valence electrons. The van der Waals surface area contributed by atoms with E-state index >= 15 is 0 Å². The van der Waals surface area contributed by atoms with Crippen LogP contribution in [0.2, 0.25) is 0 Å². The summed E-state index contributed by atoms with van der Waals surface area (Å²) < 4.78 is 0. The summed E-state index contributed by atoms with van der Waals surface area (Å²) in [5.74, 6) is 0.457. The van der Waals surface area contributed by atoms with Gasteiger partial charge in [-0.1, -0.05) is 24.3 Å². The molecule has 1 saturated heterocycles. The Balaban J connectivity index is 1.81. The van der Waals surface area contributed by atoms with Gasteiger partial charge in [-0.15, -0.1) is 0 Å². The molecule has 0 saturated carbocycles. The Bertz CT molecular complexity index is 500. The lowest BCUT2D eigenvalue weighted by Gasteiger charge is -2.35. The zero-order valence-corrected chi connectivity index (χ0v) is 12.4. The van der Waals surface area contributed by atoms with Crippen molar-refractivity contribution in [3.05, 3.63) is 35.4 Å². The van der Waals surface area contributed by atoms with E-state index in [0.29, 0.717) is 11.9 Å². The average molecular weight is 272 g/mol. The monoisotopic (exact) mass is 272 g/mol. The van der Waals surface area contributed by atoms with Crippen LogP contribution < -0.4 is 5.32 Å². The maximum atomic E-state index is 12.8. The van der Waals surface area contributed by atoms with Crippen molar-refractivity contribution in [2.45, 2.75) is 44.7 Å². The first-order chi connectivity index (χ1) is 9.68. The van der Waals surface area contributed by atoms with Crippen LogP contribution in [0.15, 0.2) is 24.3 Å². The van der Waals surface area contributed by atoms with Crippen LogP contribution in [0.3, 0.4) is 0 Å². The Morgan fingerprint density at radius 2 is 2.10 bits per heavy atom. The summed E-state index contributed by atoms with van der Waals surface area (Å²) in [5, 5.41) is 3.38. The molecule has 3 nitrogen and oxygen atoms in total. The summed E-state index contributed by atoms with van der Waals surface area (Å²) in [6.45, 7) is 3.09. The maximum Gasteiger partial charge on any atom is 0.227 e. The molecular formula is C17H24N2O. The molecule has 1 heterocycles. The zero-order valence-electron chi connectivity index (χ0n) is 12.4. The van der Waals surface area contributed by atoms with Crippen molar-refractivity contribution in [2.75, 3.05) is 13.6 Å². The van der Waals surface area contributed by atoms with Gasteiger partial charge < -0.3 is 10.2 Å². The first-order valence-corrected chi connectivity index (χ1v) is 7.76. The van der Waals surface area contributed by atoms with Crippen molar-refractivity contribution in [3.63, 3.8) is 0 Å². The largest absolute Gasteiger partial charge is 0.338 e. The van der Waals surface area contributed by atoms with Crippen molar-refractivity contribution in [1.82, 2.24) is 10.2 Å². The molecule has 0 spiro atoms. The number of nitrogens with zero attached hydrogens (tertiary/aromatic N) is 1. The van der Waals surface area contributed by atoms with Crippen molar-refractivity contribution in [1.29, 1.82) is 0 Å². The molecule has 0 bridgehead atoms. The second kappa shape index (κ2) is 5.57. The number of carbonyl (C=O) groups is 1. The molecule has 3 atom stereocenters. The molecule has 1 aliphatic heterocycles. The van der Waals surface area contributed by atoms with E-state index in [1.807, 2.05) is 11.9 Å². The Morgan fingerprint density at radius 3 is 2.85 bits per heavy atom. The summed E-state index contributed by atoms with van der Waals surface area (Å²) in [6, 6.07) is 9.17. The molecule has 3 rings (SSSR count). The highest BCUT2D eigenvalue weighted by Gasteiger charge is 2.35. The summed E-state index contributed by atoms with van der Waals surface area (Å²) in [4.78, 5) is 14.8. The number of hydrogen-bond acceptors (Lipinski definition) is 2. The molecule has 1 fully saturated rings. The molecule has 1 aliphatic carbocycles. The lowest BCUT2D eigenvalue weighted by Crippen LogP contribution is -2.40. The van der Waals surface area contributed by atoms with E-state index in [1.165, 1.54) is 17.5 Å². The number of fused-ring (bicyclic) bond motifs is 1. The first kappa shape index (κ1) is 13.6. The predicted molar refractivity (Wildman–Crippen MR) is 80.5 cm³/mol. The van der Waals surface area contributed by atoms with Gasteiger partial charge in [0.2, 0.25) is 5.91 Å². The summed E-state index contributed by atoms with van der Waals surface area (Å²) in [6.07, 6.45) is 4.39. The lowest BCUT2D eigenvalue weighted by atomic mass is 9.86. The quantitative estimate of drug-likeness (QED) is 0.897. The fourth-order valence-corrected chi connectivity index (χ4v) is 3.74. The minimum Gasteiger partial charge on any atom is -0.338 e. The predicted octanol–water partition coefficient (Wildman–Crippen LogP) is 2.52. The highest BCUT2D eigenvalue weighted by Crippen LogP contribution is 2.34. The fraction of sp³-hybridized carbons (Fsp3) is 0.588. The number of benzene rings is 1. The van der Waals surface area contributed by atoms with E-state index in [1.54, 1.807) is 0 Å². The highest BCUT2D eigenvalue weighted by molar-refractivity contribution is 5.80. The smallest absolute Gasteiger partial charge is 0.227 e. The van der Waals surface area contributed by atoms with Gasteiger partial charge in [0.25, 0.3) is 0 Å². The van der Waals surface area contributed by atoms with E-state index in [0.717, 1.165) is 25.8 Å². The second-order valence-corrected chi connectivity index (χ2v) is 6.19. The molecule has 0 aromatic heterocycles. The van der Waals surface area contributed by atoms with Gasteiger partial charge in [-0.3, -0.25) is 4.79 Å². The zero-order chi connectivity index (χ0) is 14.1. The molecule has 1 aromatic carbocycles. The first-order valence-electron chi connectivity index (χ1n) is 7.76. The number of nitrogens with one attached hydrogen (secondary N) is 1. The van der Waals surface area contributed by atoms with Crippen molar-refractivity contribution < 1.29 is 4.79 Å². The van der Waals surface area contributed by atoms with Gasteiger partial charge in [0.05, 0.1) is 12.0 Å². The molecule has 20 heavy (non-hydrogen) atoms. The third-order valence-electron chi connectivity index (χ3n) is 5.00. The SMILES string of the molecule is CC1NCCC1C(=O)N(C)C1CCCc2ccccc21. The number of rotatable bonds is 2. The van der Waals surface area contributed by atoms with E-state index in [9.17, 15) is 4.79 Å². The third-order valence-corrected chi connectivity index (χ3v) is 5.00. The van der Waals surface area contributed by atoms with Crippen LogP contribution in [-0.2, 0) is 11.2 Å². The number of aryl methyl sites for hydroxylation is 1. The number of hydrogen-bond donors (Lipinski definition) is 1. The molecule has 1 aromatic rings. The van der Waals surface area contributed by atoms with E-state index < -0.39 is 0 Å². The van der Waals surface area contributed by atoms with Crippen LogP contribution in [0.25, 0.3) is 0 Å². The summed E-state index contributed by atoms with van der Waals surface area (Å²) in [5.41, 5.74) is 2.77. The molecule has 2 aliphatic rings. The minimum absolute atomic E-state index is 0.147. The van der Waals surface area contributed by atoms with Crippen molar-refractivity contribution >= 4 is 5.91 Å². The Kier molecular flexibility index (Phi) is 3.79. The molecule has 1 N–H and O–H groups in total. The normalized spacial score (nSPS) is 29.0. The number of amides is 1. The topological polar surface area (TPSA) is 32.3 Å². The number of carbonyl (C=O) groups excluding carboxylic acids is 1. The van der Waals surface area contributed by atoms with Gasteiger partial charge in [-0.25, -0.2) is 0 Å². The average Bonchev–Trinajstić information content (AvgIpc) is 2.91. The van der Waals surface area contributed by atoms with Crippen LogP contribution in [0.5, 0.6) is 0 Å². The fourth-order valence-electron chi connectivity index (χ4n) is 3.74. The Hall–Kier alpha value is -1.35. The highest BCUT2D eigenvalue weighted by atomic mass is 16.2. The van der Waals surface area contributed by atoms with Crippen molar-refractivity contribution in [2.24, 2.45) is 5.92 Å². The van der Waals surface area contributed by atoms with Gasteiger partial charge in [0.15, 0.2) is 0 Å². The van der Waals surface area contributed by atoms with Crippen LogP contribution in [0.4, 0.5) is 0 Å². The molecule has 3 heteroatoms. The van der Waals surface area contributed by atoms with Crippen LogP contribution >= 0.6 is 0 Å². The van der Waals surface area contributed by atoms with Gasteiger partial charge in [0, 0.05) is 13.1 Å². The van der Waals surface area contributed by atoms with Crippen molar-refractivity contribution in [3.8, 4) is 0 Å². The van der Waals surface area contributed by atoms with Gasteiger partial charge in [-0.2, -0.15) is 0 Å². The second-order valence-electron chi connectivity index (χ2n) is 6.19. The summed E-state index contributed by atoms with van der Waals surface area (Å²) >= 11 is 0. The lowest BCUT2D eigenvalue weighted by molar-refractivity contribution is -0.136. The van der Waals surface area contributed by atoms with E-state index in [2.05, 4.69) is 36.5 Å². The molecular weight excluding hydrogens is 248 g/mol. The van der Waals surface area contributed by atoms with Crippen LogP contribution in [0, 0.1) is 5.92 Å². The van der Waals surface area contributed by atoms with Gasteiger partial charge >= 0.3 is 0 Å². The molecule has 0 radical (unpaired) electrons. The molecule has 1 amide bonds. The third kappa shape index (κ3) is 2.35. The molecule has 3 unspecified atom stereocenters. The van der Waals surface area contributed by atoms with E-state index in [4.69, 9.17) is 0 Å². The van der Waals surface area contributed by atoms with Crippen LogP contribution in [0.1, 0.15) is 43.4 Å². The van der Waals surface area contributed by atoms with Gasteiger partial charge in [0.1, 0.15) is 0 Å². The minimum atomic E-state index is 0.147. The van der Waals surface area contributed by atoms with Gasteiger partial charge in [-0.05, 0) is 50.3 Å². The summed E-state index contributed by atoms with van der Waals surface area (Å²) in [7, 11) is 1.99. The Morgan fingerprint density at radius 1 is 1.30 bits per heavy atom. The van der Waals surface area contributed by atoms with Crippen LogP contribution in [-0.4, -0.2) is 30.4 Å². The van der Waals surface area contributed by atoms with E-state index in [-0.39, 0.29) is 12.0 Å². The maximum absolute atomic E-state index is 12.8. The Labute approximate surface area is 121 Å². The standard InChI is InChI=1S/C17H24N2O/c1-12-14(10-11-18-12)17(20)19(2)16-9-5-7-13-6-3-4-8-15(13)16/h3-4,6,8,12,14,16,18H,5,7,9-11H2,1-2H3.